The van der Waals surface area contributed by atoms with Crippen molar-refractivity contribution in [3.63, 3.8) is 0 Å². The Balaban J connectivity index is 0.000000171. The van der Waals surface area contributed by atoms with E-state index in [4.69, 9.17) is 18.9 Å². The van der Waals surface area contributed by atoms with Gasteiger partial charge in [-0.15, -0.1) is 23.5 Å². The Bertz CT molecular complexity index is 707. The topological polar surface area (TPSA) is 71.1 Å². The van der Waals surface area contributed by atoms with Gasteiger partial charge < -0.3 is 18.9 Å². The fourth-order valence-electron chi connectivity index (χ4n) is 2.61. The molecular formula is C22H24O6S2. The highest BCUT2D eigenvalue weighted by molar-refractivity contribution is 8.00. The van der Waals surface area contributed by atoms with Crippen molar-refractivity contribution in [2.45, 2.75) is 10.9 Å². The molecule has 2 aliphatic heterocycles. The lowest BCUT2D eigenvalue weighted by Crippen LogP contribution is -2.15. The van der Waals surface area contributed by atoms with E-state index in [1.807, 2.05) is 36.4 Å². The monoisotopic (exact) mass is 448 g/mol. The Kier molecular flexibility index (Phi) is 9.56. The number of ether oxygens (including phenoxy) is 4. The molecule has 0 bridgehead atoms. The predicted octanol–water partition coefficient (Wildman–Crippen LogP) is 3.87. The zero-order valence-corrected chi connectivity index (χ0v) is 18.1. The maximum Gasteiger partial charge on any atom is 0.338 e. The van der Waals surface area contributed by atoms with Crippen molar-refractivity contribution >= 4 is 35.5 Å². The number of esters is 2. The SMILES string of the molecule is O=C(OC[C@@H]1OCCS1)c1ccccc1.O=C(OC[C@H]1OCCS1)c1ccccc1. The number of hydrogen-bond acceptors (Lipinski definition) is 8. The molecule has 2 aromatic carbocycles. The lowest BCUT2D eigenvalue weighted by atomic mass is 10.2. The minimum Gasteiger partial charge on any atom is -0.458 e. The summed E-state index contributed by atoms with van der Waals surface area (Å²) in [6.07, 6.45) is 0. The first-order valence-corrected chi connectivity index (χ1v) is 11.7. The molecule has 0 aromatic heterocycles. The van der Waals surface area contributed by atoms with E-state index in [-0.39, 0.29) is 22.8 Å². The number of hydrogen-bond donors (Lipinski definition) is 0. The Morgan fingerprint density at radius 1 is 0.733 bits per heavy atom. The zero-order valence-electron chi connectivity index (χ0n) is 16.4. The molecule has 2 heterocycles. The molecule has 4 rings (SSSR count). The van der Waals surface area contributed by atoms with Gasteiger partial charge in [-0.3, -0.25) is 0 Å². The first kappa shape index (κ1) is 22.7. The van der Waals surface area contributed by atoms with Crippen LogP contribution in [0.5, 0.6) is 0 Å². The van der Waals surface area contributed by atoms with Crippen LogP contribution >= 0.6 is 23.5 Å². The van der Waals surface area contributed by atoms with Gasteiger partial charge in [0.25, 0.3) is 0 Å². The molecule has 0 N–H and O–H groups in total. The van der Waals surface area contributed by atoms with Crippen molar-refractivity contribution in [2.24, 2.45) is 0 Å². The largest absolute Gasteiger partial charge is 0.458 e. The molecule has 30 heavy (non-hydrogen) atoms. The summed E-state index contributed by atoms with van der Waals surface area (Å²) < 4.78 is 20.9. The quantitative estimate of drug-likeness (QED) is 0.617. The van der Waals surface area contributed by atoms with Crippen LogP contribution < -0.4 is 0 Å². The molecule has 2 saturated heterocycles. The lowest BCUT2D eigenvalue weighted by molar-refractivity contribution is 0.0292. The van der Waals surface area contributed by atoms with Gasteiger partial charge in [-0.1, -0.05) is 36.4 Å². The summed E-state index contributed by atoms with van der Waals surface area (Å²) in [5.74, 6) is 1.39. The van der Waals surface area contributed by atoms with Gasteiger partial charge in [-0.2, -0.15) is 0 Å². The van der Waals surface area contributed by atoms with Crippen molar-refractivity contribution in [2.75, 3.05) is 37.9 Å². The van der Waals surface area contributed by atoms with E-state index in [0.717, 1.165) is 24.7 Å². The first-order valence-electron chi connectivity index (χ1n) is 9.63. The van der Waals surface area contributed by atoms with Crippen molar-refractivity contribution in [3.05, 3.63) is 71.8 Å². The summed E-state index contributed by atoms with van der Waals surface area (Å²) in [4.78, 5) is 23.0. The van der Waals surface area contributed by atoms with Crippen LogP contribution in [0.2, 0.25) is 0 Å². The summed E-state index contributed by atoms with van der Waals surface area (Å²) in [5.41, 5.74) is 1.19. The van der Waals surface area contributed by atoms with Gasteiger partial charge in [-0.05, 0) is 24.3 Å². The third-order valence-electron chi connectivity index (χ3n) is 4.10. The standard InChI is InChI=1S/2C11H12O3S/c2*12-11(9-4-2-1-3-5-9)14-8-10-13-6-7-15-10/h2*1-5,10H,6-8H2/t2*10-/m10/s1. The smallest absolute Gasteiger partial charge is 0.338 e. The van der Waals surface area contributed by atoms with E-state index in [2.05, 4.69) is 0 Å². The van der Waals surface area contributed by atoms with Gasteiger partial charge in [0.15, 0.2) is 0 Å². The first-order chi connectivity index (χ1) is 14.7. The van der Waals surface area contributed by atoms with Crippen molar-refractivity contribution in [1.29, 1.82) is 0 Å². The average Bonchev–Trinajstić information content (AvgIpc) is 3.52. The van der Waals surface area contributed by atoms with Crippen LogP contribution in [0.4, 0.5) is 0 Å². The van der Waals surface area contributed by atoms with E-state index < -0.39 is 0 Å². The van der Waals surface area contributed by atoms with E-state index >= 15 is 0 Å². The molecule has 0 radical (unpaired) electrons. The van der Waals surface area contributed by atoms with Gasteiger partial charge in [0.1, 0.15) is 24.1 Å². The zero-order chi connectivity index (χ0) is 21.0. The molecule has 0 unspecified atom stereocenters. The van der Waals surface area contributed by atoms with Crippen molar-refractivity contribution < 1.29 is 28.5 Å². The maximum absolute atomic E-state index is 11.5. The molecule has 0 saturated carbocycles. The lowest BCUT2D eigenvalue weighted by Gasteiger charge is -2.09. The van der Waals surface area contributed by atoms with Crippen LogP contribution in [-0.4, -0.2) is 60.7 Å². The molecule has 6 nitrogen and oxygen atoms in total. The van der Waals surface area contributed by atoms with Crippen molar-refractivity contribution in [1.82, 2.24) is 0 Å². The van der Waals surface area contributed by atoms with Crippen LogP contribution in [0.25, 0.3) is 0 Å². The van der Waals surface area contributed by atoms with Gasteiger partial charge in [0.05, 0.1) is 24.3 Å². The van der Waals surface area contributed by atoms with E-state index in [1.54, 1.807) is 47.8 Å². The fourth-order valence-corrected chi connectivity index (χ4v) is 4.23. The average molecular weight is 449 g/mol. The number of benzene rings is 2. The van der Waals surface area contributed by atoms with E-state index in [0.29, 0.717) is 24.3 Å². The van der Waals surface area contributed by atoms with Gasteiger partial charge in [-0.25, -0.2) is 9.59 Å². The highest BCUT2D eigenvalue weighted by atomic mass is 32.2. The summed E-state index contributed by atoms with van der Waals surface area (Å²) in [7, 11) is 0. The third kappa shape index (κ3) is 7.68. The molecule has 2 aliphatic rings. The molecule has 0 spiro atoms. The second kappa shape index (κ2) is 12.6. The highest BCUT2D eigenvalue weighted by Gasteiger charge is 2.19. The van der Waals surface area contributed by atoms with Crippen LogP contribution in [0.3, 0.4) is 0 Å². The highest BCUT2D eigenvalue weighted by Crippen LogP contribution is 2.20. The Hall–Kier alpha value is -2.00. The van der Waals surface area contributed by atoms with Gasteiger partial charge >= 0.3 is 11.9 Å². The number of thioether (sulfide) groups is 2. The minimum absolute atomic E-state index is 0.0117. The van der Waals surface area contributed by atoms with Crippen LogP contribution in [0.1, 0.15) is 20.7 Å². The van der Waals surface area contributed by atoms with Crippen LogP contribution in [0.15, 0.2) is 60.7 Å². The molecule has 2 aromatic rings. The van der Waals surface area contributed by atoms with Crippen LogP contribution in [-0.2, 0) is 18.9 Å². The third-order valence-corrected chi connectivity index (χ3v) is 6.19. The second-order valence-corrected chi connectivity index (χ2v) is 8.81. The number of carbonyl (C=O) groups excluding carboxylic acids is 2. The fraction of sp³-hybridized carbons (Fsp3) is 0.364. The molecule has 0 aliphatic carbocycles. The normalized spacial score (nSPS) is 20.1. The number of rotatable bonds is 6. The molecular weight excluding hydrogens is 424 g/mol. The summed E-state index contributed by atoms with van der Waals surface area (Å²) in [5, 5.41) is 0. The molecule has 2 atom stereocenters. The summed E-state index contributed by atoms with van der Waals surface area (Å²) >= 11 is 3.36. The molecule has 0 amide bonds. The Morgan fingerprint density at radius 2 is 1.13 bits per heavy atom. The van der Waals surface area contributed by atoms with Crippen molar-refractivity contribution in [3.8, 4) is 0 Å². The Morgan fingerprint density at radius 3 is 1.47 bits per heavy atom. The Labute approximate surface area is 184 Å². The van der Waals surface area contributed by atoms with E-state index in [1.165, 1.54) is 0 Å². The minimum atomic E-state index is -0.285. The van der Waals surface area contributed by atoms with E-state index in [9.17, 15) is 9.59 Å². The molecule has 2 fully saturated rings. The maximum atomic E-state index is 11.5. The van der Waals surface area contributed by atoms with Crippen LogP contribution in [0, 0.1) is 0 Å². The van der Waals surface area contributed by atoms with Gasteiger partial charge in [0.2, 0.25) is 0 Å². The second-order valence-electron chi connectivity index (χ2n) is 6.27. The number of carbonyl (C=O) groups is 2. The summed E-state index contributed by atoms with van der Waals surface area (Å²) in [6, 6.07) is 18.0. The van der Waals surface area contributed by atoms with Gasteiger partial charge in [0, 0.05) is 11.5 Å². The predicted molar refractivity (Wildman–Crippen MR) is 118 cm³/mol. The molecule has 8 heteroatoms. The molecule has 160 valence electrons. The summed E-state index contributed by atoms with van der Waals surface area (Å²) in [6.45, 7) is 2.16.